The second kappa shape index (κ2) is 9.02. The molecular formula is C23H20F3N5O3S. The molecular weight excluding hydrogens is 483 g/mol. The lowest BCUT2D eigenvalue weighted by molar-refractivity contribution is -0.137. The average molecular weight is 504 g/mol. The van der Waals surface area contributed by atoms with Crippen LogP contribution in [-0.4, -0.2) is 28.2 Å². The zero-order valence-corrected chi connectivity index (χ0v) is 19.6. The number of alkyl halides is 3. The van der Waals surface area contributed by atoms with Crippen LogP contribution in [0.5, 0.6) is 11.6 Å². The van der Waals surface area contributed by atoms with Gasteiger partial charge in [0.25, 0.3) is 10.0 Å². The summed E-state index contributed by atoms with van der Waals surface area (Å²) in [5.74, 6) is 1.13. The summed E-state index contributed by atoms with van der Waals surface area (Å²) in [6, 6.07) is 11.0. The Kier molecular flexibility index (Phi) is 6.24. The molecule has 2 heterocycles. The van der Waals surface area contributed by atoms with Crippen LogP contribution in [0.15, 0.2) is 65.8 Å². The van der Waals surface area contributed by atoms with E-state index in [9.17, 15) is 21.6 Å². The summed E-state index contributed by atoms with van der Waals surface area (Å²) in [5, 5.41) is 4.46. The number of sulfonamides is 1. The van der Waals surface area contributed by atoms with E-state index in [0.29, 0.717) is 17.6 Å². The maximum absolute atomic E-state index is 12.9. The molecule has 0 saturated heterocycles. The molecule has 12 heteroatoms. The van der Waals surface area contributed by atoms with Crippen LogP contribution >= 0.6 is 0 Å². The predicted molar refractivity (Wildman–Crippen MR) is 122 cm³/mol. The van der Waals surface area contributed by atoms with Gasteiger partial charge in [-0.15, -0.1) is 0 Å². The van der Waals surface area contributed by atoms with Crippen LogP contribution < -0.4 is 9.46 Å². The van der Waals surface area contributed by atoms with Crippen LogP contribution in [0.3, 0.4) is 0 Å². The quantitative estimate of drug-likeness (QED) is 0.388. The predicted octanol–water partition coefficient (Wildman–Crippen LogP) is 5.20. The van der Waals surface area contributed by atoms with Gasteiger partial charge >= 0.3 is 6.18 Å². The first-order valence-corrected chi connectivity index (χ1v) is 11.8. The number of hydrogen-bond acceptors (Lipinski definition) is 6. The lowest BCUT2D eigenvalue weighted by Crippen LogP contribution is -2.14. The van der Waals surface area contributed by atoms with E-state index >= 15 is 0 Å². The number of ether oxygens (including phenoxy) is 1. The van der Waals surface area contributed by atoms with Gasteiger partial charge in [-0.2, -0.15) is 18.3 Å². The van der Waals surface area contributed by atoms with Crippen molar-refractivity contribution in [3.8, 4) is 17.4 Å². The van der Waals surface area contributed by atoms with Crippen molar-refractivity contribution in [3.05, 3.63) is 83.4 Å². The normalized spacial score (nSPS) is 11.9. The number of hydrogen-bond donors (Lipinski definition) is 1. The number of nitrogens with one attached hydrogen (secondary N) is 1. The van der Waals surface area contributed by atoms with Gasteiger partial charge in [-0.3, -0.25) is 4.72 Å². The number of benzene rings is 2. The summed E-state index contributed by atoms with van der Waals surface area (Å²) in [5.41, 5.74) is 1.96. The van der Waals surface area contributed by atoms with Crippen LogP contribution in [-0.2, 0) is 16.2 Å². The first-order chi connectivity index (χ1) is 16.4. The SMILES string of the molecule is Cc1nn(-c2cc(Oc3ccc(NS(=O)(=O)c4cccc(C(F)(F)F)c4)cc3)ncn2)c(C)c1C. The third kappa shape index (κ3) is 5.27. The van der Waals surface area contributed by atoms with Crippen molar-refractivity contribution in [2.24, 2.45) is 0 Å². The van der Waals surface area contributed by atoms with E-state index in [-0.39, 0.29) is 11.6 Å². The standard InChI is InChI=1S/C23H20F3N5O3S/c1-14-15(2)29-31(16(14)3)21-12-22(28-13-27-21)34-19-9-7-18(8-10-19)30-35(32,33)20-6-4-5-17(11-20)23(24,25)26/h4-13,30H,1-3H3. The molecule has 0 bridgehead atoms. The lowest BCUT2D eigenvalue weighted by atomic mass is 10.2. The molecule has 0 spiro atoms. The minimum Gasteiger partial charge on any atom is -0.439 e. The molecule has 0 saturated carbocycles. The smallest absolute Gasteiger partial charge is 0.416 e. The molecule has 0 aliphatic carbocycles. The van der Waals surface area contributed by atoms with Gasteiger partial charge in [0.1, 0.15) is 12.1 Å². The van der Waals surface area contributed by atoms with Crippen molar-refractivity contribution in [2.45, 2.75) is 31.8 Å². The number of anilines is 1. The van der Waals surface area contributed by atoms with Gasteiger partial charge in [0.15, 0.2) is 5.82 Å². The Bertz CT molecular complexity index is 1480. The Balaban J connectivity index is 1.50. The second-order valence-electron chi connectivity index (χ2n) is 7.68. The first kappa shape index (κ1) is 24.2. The van der Waals surface area contributed by atoms with Crippen molar-refractivity contribution in [1.29, 1.82) is 0 Å². The number of halogens is 3. The minimum absolute atomic E-state index is 0.149. The summed E-state index contributed by atoms with van der Waals surface area (Å²) >= 11 is 0. The maximum Gasteiger partial charge on any atom is 0.416 e. The fraction of sp³-hybridized carbons (Fsp3) is 0.174. The highest BCUT2D eigenvalue weighted by atomic mass is 32.2. The Morgan fingerprint density at radius 3 is 2.31 bits per heavy atom. The van der Waals surface area contributed by atoms with E-state index < -0.39 is 26.7 Å². The molecule has 4 rings (SSSR count). The number of aromatic nitrogens is 4. The first-order valence-electron chi connectivity index (χ1n) is 10.3. The highest BCUT2D eigenvalue weighted by molar-refractivity contribution is 7.92. The summed E-state index contributed by atoms with van der Waals surface area (Å²) in [4.78, 5) is 7.82. The third-order valence-corrected chi connectivity index (χ3v) is 6.68. The van der Waals surface area contributed by atoms with Crippen molar-refractivity contribution >= 4 is 15.7 Å². The lowest BCUT2D eigenvalue weighted by Gasteiger charge is -2.12. The van der Waals surface area contributed by atoms with E-state index in [2.05, 4.69) is 19.8 Å². The molecule has 0 atom stereocenters. The summed E-state index contributed by atoms with van der Waals surface area (Å²) in [7, 11) is -4.23. The van der Waals surface area contributed by atoms with Gasteiger partial charge in [0.2, 0.25) is 5.88 Å². The summed E-state index contributed by atoms with van der Waals surface area (Å²) < 4.78 is 73.6. The van der Waals surface area contributed by atoms with Gasteiger partial charge in [-0.05, 0) is 68.8 Å². The van der Waals surface area contributed by atoms with Crippen LogP contribution in [0.1, 0.15) is 22.5 Å². The van der Waals surface area contributed by atoms with Crippen LogP contribution in [0, 0.1) is 20.8 Å². The average Bonchev–Trinajstić information content (AvgIpc) is 3.07. The molecule has 35 heavy (non-hydrogen) atoms. The topological polar surface area (TPSA) is 99.0 Å². The fourth-order valence-electron chi connectivity index (χ4n) is 3.21. The fourth-order valence-corrected chi connectivity index (χ4v) is 4.31. The Labute approximate surface area is 199 Å². The molecule has 4 aromatic rings. The van der Waals surface area contributed by atoms with E-state index in [1.807, 2.05) is 20.8 Å². The molecule has 1 N–H and O–H groups in total. The van der Waals surface area contributed by atoms with Gasteiger partial charge < -0.3 is 4.74 Å². The monoisotopic (exact) mass is 503 g/mol. The number of nitrogens with zero attached hydrogens (tertiary/aromatic N) is 4. The number of rotatable bonds is 6. The molecule has 0 aliphatic heterocycles. The molecule has 182 valence electrons. The molecule has 0 fully saturated rings. The second-order valence-corrected chi connectivity index (χ2v) is 9.36. The summed E-state index contributed by atoms with van der Waals surface area (Å²) in [6.45, 7) is 5.80. The Morgan fingerprint density at radius 2 is 1.69 bits per heavy atom. The summed E-state index contributed by atoms with van der Waals surface area (Å²) in [6.07, 6.45) is -3.31. The molecule has 0 radical (unpaired) electrons. The van der Waals surface area contributed by atoms with Crippen molar-refractivity contribution in [2.75, 3.05) is 4.72 Å². The highest BCUT2D eigenvalue weighted by Crippen LogP contribution is 2.31. The molecule has 0 aliphatic rings. The zero-order chi connectivity index (χ0) is 25.4. The highest BCUT2D eigenvalue weighted by Gasteiger charge is 2.31. The van der Waals surface area contributed by atoms with Crippen LogP contribution in [0.2, 0.25) is 0 Å². The van der Waals surface area contributed by atoms with E-state index in [1.165, 1.54) is 30.6 Å². The molecule has 0 amide bonds. The van der Waals surface area contributed by atoms with Crippen molar-refractivity contribution in [1.82, 2.24) is 19.7 Å². The zero-order valence-electron chi connectivity index (χ0n) is 18.8. The third-order valence-electron chi connectivity index (χ3n) is 5.30. The molecule has 8 nitrogen and oxygen atoms in total. The van der Waals surface area contributed by atoms with Crippen molar-refractivity contribution in [3.63, 3.8) is 0 Å². The minimum atomic E-state index is -4.65. The van der Waals surface area contributed by atoms with E-state index in [4.69, 9.17) is 4.74 Å². The molecule has 2 aromatic carbocycles. The van der Waals surface area contributed by atoms with E-state index in [0.717, 1.165) is 35.2 Å². The Hall–Kier alpha value is -3.93. The largest absolute Gasteiger partial charge is 0.439 e. The Morgan fingerprint density at radius 1 is 0.971 bits per heavy atom. The van der Waals surface area contributed by atoms with Crippen molar-refractivity contribution < 1.29 is 26.3 Å². The maximum atomic E-state index is 12.9. The molecule has 2 aromatic heterocycles. The van der Waals surface area contributed by atoms with E-state index in [1.54, 1.807) is 10.7 Å². The number of aryl methyl sites for hydroxylation is 1. The van der Waals surface area contributed by atoms with Gasteiger partial charge in [0, 0.05) is 17.4 Å². The van der Waals surface area contributed by atoms with Gasteiger partial charge in [0.05, 0.1) is 16.2 Å². The van der Waals surface area contributed by atoms with Gasteiger partial charge in [-0.1, -0.05) is 6.07 Å². The van der Waals surface area contributed by atoms with Gasteiger partial charge in [-0.25, -0.2) is 23.1 Å². The molecule has 0 unspecified atom stereocenters. The van der Waals surface area contributed by atoms with Crippen LogP contribution in [0.4, 0.5) is 18.9 Å². The van der Waals surface area contributed by atoms with Crippen LogP contribution in [0.25, 0.3) is 5.82 Å².